The second-order valence-electron chi connectivity index (χ2n) is 4.42. The second-order valence-corrected chi connectivity index (χ2v) is 4.42. The van der Waals surface area contributed by atoms with Gasteiger partial charge in [-0.1, -0.05) is 19.8 Å². The first kappa shape index (κ1) is 8.52. The quantitative estimate of drug-likeness (QED) is 0.654. The van der Waals surface area contributed by atoms with Crippen molar-refractivity contribution in [2.24, 2.45) is 5.92 Å². The molecule has 2 aliphatic rings. The van der Waals surface area contributed by atoms with Crippen molar-refractivity contribution in [1.29, 1.82) is 0 Å². The first-order chi connectivity index (χ1) is 5.84. The van der Waals surface area contributed by atoms with Crippen LogP contribution in [0.5, 0.6) is 0 Å². The molecule has 0 amide bonds. The summed E-state index contributed by atoms with van der Waals surface area (Å²) in [6.07, 6.45) is 8.34. The van der Waals surface area contributed by atoms with Crippen LogP contribution < -0.4 is 5.48 Å². The third kappa shape index (κ3) is 1.99. The molecule has 0 aromatic rings. The van der Waals surface area contributed by atoms with Crippen LogP contribution >= 0.6 is 0 Å². The lowest BCUT2D eigenvalue weighted by molar-refractivity contribution is -0.0624. The smallest absolute Gasteiger partial charge is 0.0790 e. The Bertz CT molecular complexity index is 137. The maximum absolute atomic E-state index is 5.61. The fourth-order valence-corrected chi connectivity index (χ4v) is 2.20. The van der Waals surface area contributed by atoms with Crippen LogP contribution in [0.2, 0.25) is 0 Å². The summed E-state index contributed by atoms with van der Waals surface area (Å²) in [4.78, 5) is 5.61. The zero-order valence-electron chi connectivity index (χ0n) is 7.88. The Labute approximate surface area is 74.6 Å². The molecule has 2 nitrogen and oxygen atoms in total. The molecule has 1 N–H and O–H groups in total. The van der Waals surface area contributed by atoms with Crippen LogP contribution in [0.15, 0.2) is 0 Å². The van der Waals surface area contributed by atoms with E-state index in [1.165, 1.54) is 38.5 Å². The van der Waals surface area contributed by atoms with Crippen LogP contribution in [0.3, 0.4) is 0 Å². The molecule has 0 aromatic heterocycles. The molecule has 2 saturated carbocycles. The zero-order chi connectivity index (χ0) is 8.39. The van der Waals surface area contributed by atoms with Crippen molar-refractivity contribution < 1.29 is 4.84 Å². The van der Waals surface area contributed by atoms with Crippen molar-refractivity contribution in [1.82, 2.24) is 5.48 Å². The van der Waals surface area contributed by atoms with E-state index in [-0.39, 0.29) is 0 Å². The Morgan fingerprint density at radius 2 is 1.83 bits per heavy atom. The molecular formula is C10H19NO. The molecule has 2 aliphatic carbocycles. The molecule has 0 heterocycles. The van der Waals surface area contributed by atoms with E-state index in [1.807, 2.05) is 0 Å². The molecule has 2 fully saturated rings. The minimum Gasteiger partial charge on any atom is -0.298 e. The van der Waals surface area contributed by atoms with E-state index in [0.717, 1.165) is 5.92 Å². The molecule has 70 valence electrons. The van der Waals surface area contributed by atoms with Crippen LogP contribution in [-0.2, 0) is 4.84 Å². The molecule has 0 aliphatic heterocycles. The van der Waals surface area contributed by atoms with Crippen LogP contribution in [0.1, 0.15) is 45.4 Å². The molecule has 0 bridgehead atoms. The van der Waals surface area contributed by atoms with Gasteiger partial charge in [0.2, 0.25) is 0 Å². The highest BCUT2D eigenvalue weighted by atomic mass is 16.7. The number of nitrogens with one attached hydrogen (secondary N) is 1. The Morgan fingerprint density at radius 1 is 1.17 bits per heavy atom. The minimum atomic E-state index is 0.515. The lowest BCUT2D eigenvalue weighted by atomic mass is 9.82. The lowest BCUT2D eigenvalue weighted by Gasteiger charge is -2.33. The molecule has 0 saturated heterocycles. The fraction of sp³-hybridized carbons (Fsp3) is 1.00. The largest absolute Gasteiger partial charge is 0.298 e. The molecule has 2 rings (SSSR count). The summed E-state index contributed by atoms with van der Waals surface area (Å²) in [7, 11) is 0. The van der Waals surface area contributed by atoms with E-state index < -0.39 is 0 Å². The standard InChI is InChI=1S/C10H19NO/c1-8-6-9(7-8)11-12-10-4-2-3-5-10/h8-11H,2-7H2,1H3. The first-order valence-electron chi connectivity index (χ1n) is 5.26. The van der Waals surface area contributed by atoms with Gasteiger partial charge in [-0.2, -0.15) is 5.48 Å². The first-order valence-corrected chi connectivity index (χ1v) is 5.26. The van der Waals surface area contributed by atoms with Crippen LogP contribution in [0.25, 0.3) is 0 Å². The summed E-state index contributed by atoms with van der Waals surface area (Å²) in [6, 6.07) is 0.653. The van der Waals surface area contributed by atoms with Gasteiger partial charge in [-0.05, 0) is 31.6 Å². The molecular weight excluding hydrogens is 150 g/mol. The highest BCUT2D eigenvalue weighted by Gasteiger charge is 2.26. The van der Waals surface area contributed by atoms with Gasteiger partial charge in [0.15, 0.2) is 0 Å². The molecule has 0 unspecified atom stereocenters. The number of hydroxylamine groups is 1. The van der Waals surface area contributed by atoms with E-state index in [4.69, 9.17) is 4.84 Å². The van der Waals surface area contributed by atoms with Crippen molar-refractivity contribution in [3.63, 3.8) is 0 Å². The summed E-state index contributed by atoms with van der Waals surface area (Å²) < 4.78 is 0. The summed E-state index contributed by atoms with van der Waals surface area (Å²) in [5.74, 6) is 0.912. The Balaban J connectivity index is 1.56. The van der Waals surface area contributed by atoms with Gasteiger partial charge in [0.1, 0.15) is 0 Å². The maximum atomic E-state index is 5.61. The fourth-order valence-electron chi connectivity index (χ4n) is 2.20. The topological polar surface area (TPSA) is 21.3 Å². The van der Waals surface area contributed by atoms with Crippen molar-refractivity contribution in [3.05, 3.63) is 0 Å². The zero-order valence-corrected chi connectivity index (χ0v) is 7.88. The van der Waals surface area contributed by atoms with Gasteiger partial charge in [-0.25, -0.2) is 0 Å². The van der Waals surface area contributed by atoms with Gasteiger partial charge in [-0.15, -0.1) is 0 Å². The third-order valence-corrected chi connectivity index (χ3v) is 3.08. The molecule has 2 heteroatoms. The van der Waals surface area contributed by atoms with Gasteiger partial charge in [0, 0.05) is 6.04 Å². The predicted octanol–water partition coefficient (Wildman–Crippen LogP) is 2.25. The van der Waals surface area contributed by atoms with E-state index in [1.54, 1.807) is 0 Å². The summed E-state index contributed by atoms with van der Waals surface area (Å²) in [6.45, 7) is 2.30. The van der Waals surface area contributed by atoms with Crippen molar-refractivity contribution in [2.75, 3.05) is 0 Å². The summed E-state index contributed by atoms with van der Waals surface area (Å²) in [5.41, 5.74) is 3.19. The summed E-state index contributed by atoms with van der Waals surface area (Å²) >= 11 is 0. The van der Waals surface area contributed by atoms with Crippen LogP contribution in [0, 0.1) is 5.92 Å². The Kier molecular flexibility index (Phi) is 2.66. The van der Waals surface area contributed by atoms with Gasteiger partial charge >= 0.3 is 0 Å². The third-order valence-electron chi connectivity index (χ3n) is 3.08. The summed E-state index contributed by atoms with van der Waals surface area (Å²) in [5, 5.41) is 0. The Morgan fingerprint density at radius 3 is 2.42 bits per heavy atom. The number of rotatable bonds is 3. The van der Waals surface area contributed by atoms with E-state index in [2.05, 4.69) is 12.4 Å². The maximum Gasteiger partial charge on any atom is 0.0790 e. The average Bonchev–Trinajstić information content (AvgIpc) is 2.47. The molecule has 0 aromatic carbocycles. The SMILES string of the molecule is CC1CC(NOC2CCCC2)C1. The van der Waals surface area contributed by atoms with Crippen LogP contribution in [0.4, 0.5) is 0 Å². The monoisotopic (exact) mass is 169 g/mol. The number of hydrogen-bond acceptors (Lipinski definition) is 2. The van der Waals surface area contributed by atoms with E-state index in [0.29, 0.717) is 12.1 Å². The Hall–Kier alpha value is -0.0800. The van der Waals surface area contributed by atoms with Crippen molar-refractivity contribution in [3.8, 4) is 0 Å². The van der Waals surface area contributed by atoms with Gasteiger partial charge in [0.05, 0.1) is 6.10 Å². The van der Waals surface area contributed by atoms with E-state index >= 15 is 0 Å². The minimum absolute atomic E-state index is 0.515. The number of hydrogen-bond donors (Lipinski definition) is 1. The van der Waals surface area contributed by atoms with Gasteiger partial charge in [0.25, 0.3) is 0 Å². The van der Waals surface area contributed by atoms with Crippen molar-refractivity contribution in [2.45, 2.75) is 57.6 Å². The lowest BCUT2D eigenvalue weighted by Crippen LogP contribution is -2.41. The average molecular weight is 169 g/mol. The molecule has 0 spiro atoms. The van der Waals surface area contributed by atoms with E-state index in [9.17, 15) is 0 Å². The highest BCUT2D eigenvalue weighted by molar-refractivity contribution is 4.80. The predicted molar refractivity (Wildman–Crippen MR) is 48.7 cm³/mol. The molecule has 0 atom stereocenters. The van der Waals surface area contributed by atoms with Crippen molar-refractivity contribution >= 4 is 0 Å². The molecule has 12 heavy (non-hydrogen) atoms. The highest BCUT2D eigenvalue weighted by Crippen LogP contribution is 2.27. The molecule has 0 radical (unpaired) electrons. The van der Waals surface area contributed by atoms with Gasteiger partial charge in [-0.3, -0.25) is 4.84 Å². The normalized spacial score (nSPS) is 36.8. The van der Waals surface area contributed by atoms with Crippen LogP contribution in [-0.4, -0.2) is 12.1 Å². The van der Waals surface area contributed by atoms with Gasteiger partial charge < -0.3 is 0 Å². The second kappa shape index (κ2) is 3.75.